The van der Waals surface area contributed by atoms with Crippen LogP contribution in [-0.2, 0) is 4.79 Å². The van der Waals surface area contributed by atoms with E-state index in [1.165, 1.54) is 10.8 Å². The van der Waals surface area contributed by atoms with Crippen molar-refractivity contribution >= 4 is 16.6 Å². The summed E-state index contributed by atoms with van der Waals surface area (Å²) in [5, 5.41) is 2.43. The summed E-state index contributed by atoms with van der Waals surface area (Å²) in [7, 11) is 0. The van der Waals surface area contributed by atoms with Gasteiger partial charge in [-0.15, -0.1) is 0 Å². The highest BCUT2D eigenvalue weighted by Crippen LogP contribution is 2.22. The normalized spacial score (nSPS) is 12.6. The SMILES string of the molecule is CCC(=O)C(C)c1ccc2ccccc2c1. The third kappa shape index (κ3) is 1.99. The third-order valence-corrected chi connectivity index (χ3v) is 3.10. The minimum Gasteiger partial charge on any atom is -0.299 e. The molecule has 0 aromatic heterocycles. The Labute approximate surface area is 96.1 Å². The molecule has 0 saturated heterocycles. The van der Waals surface area contributed by atoms with Crippen molar-refractivity contribution in [1.29, 1.82) is 0 Å². The zero-order chi connectivity index (χ0) is 11.5. The lowest BCUT2D eigenvalue weighted by atomic mass is 9.93. The van der Waals surface area contributed by atoms with Crippen molar-refractivity contribution in [3.63, 3.8) is 0 Å². The Balaban J connectivity index is 2.43. The molecule has 16 heavy (non-hydrogen) atoms. The van der Waals surface area contributed by atoms with E-state index in [4.69, 9.17) is 0 Å². The van der Waals surface area contributed by atoms with Crippen LogP contribution in [-0.4, -0.2) is 5.78 Å². The molecule has 0 fully saturated rings. The predicted molar refractivity (Wildman–Crippen MR) is 67.7 cm³/mol. The second-order valence-corrected chi connectivity index (χ2v) is 4.15. The molecule has 0 heterocycles. The molecule has 0 aliphatic carbocycles. The minimum absolute atomic E-state index is 0.00889. The van der Waals surface area contributed by atoms with Crippen LogP contribution in [0.2, 0.25) is 0 Å². The van der Waals surface area contributed by atoms with Gasteiger partial charge in [0.05, 0.1) is 0 Å². The van der Waals surface area contributed by atoms with E-state index in [-0.39, 0.29) is 5.92 Å². The summed E-state index contributed by atoms with van der Waals surface area (Å²) < 4.78 is 0. The van der Waals surface area contributed by atoms with Crippen molar-refractivity contribution in [2.45, 2.75) is 26.2 Å². The highest BCUT2D eigenvalue weighted by Gasteiger charge is 2.12. The van der Waals surface area contributed by atoms with E-state index >= 15 is 0 Å². The molecule has 0 aliphatic heterocycles. The molecule has 0 aliphatic rings. The van der Waals surface area contributed by atoms with Crippen molar-refractivity contribution in [2.75, 3.05) is 0 Å². The average molecular weight is 212 g/mol. The number of hydrogen-bond donors (Lipinski definition) is 0. The molecule has 82 valence electrons. The highest BCUT2D eigenvalue weighted by atomic mass is 16.1. The number of Topliss-reactive ketones (excluding diaryl/α,β-unsaturated/α-hetero) is 1. The van der Waals surface area contributed by atoms with Gasteiger partial charge in [0.25, 0.3) is 0 Å². The first kappa shape index (κ1) is 10.9. The fourth-order valence-corrected chi connectivity index (χ4v) is 1.97. The molecule has 0 saturated carbocycles. The van der Waals surface area contributed by atoms with Crippen LogP contribution in [0.25, 0.3) is 10.8 Å². The first-order valence-electron chi connectivity index (χ1n) is 5.73. The van der Waals surface area contributed by atoms with E-state index in [1.54, 1.807) is 0 Å². The van der Waals surface area contributed by atoms with Gasteiger partial charge in [0.1, 0.15) is 5.78 Å². The molecule has 0 bridgehead atoms. The molecule has 2 aromatic rings. The number of rotatable bonds is 3. The Kier molecular flexibility index (Phi) is 3.04. The summed E-state index contributed by atoms with van der Waals surface area (Å²) in [5.41, 5.74) is 1.12. The lowest BCUT2D eigenvalue weighted by Gasteiger charge is -2.10. The molecule has 1 nitrogen and oxygen atoms in total. The maximum absolute atomic E-state index is 11.6. The van der Waals surface area contributed by atoms with E-state index in [9.17, 15) is 4.79 Å². The first-order chi connectivity index (χ1) is 7.72. The van der Waals surface area contributed by atoms with Gasteiger partial charge in [-0.25, -0.2) is 0 Å². The summed E-state index contributed by atoms with van der Waals surface area (Å²) in [6.07, 6.45) is 0.605. The maximum Gasteiger partial charge on any atom is 0.139 e. The number of carbonyl (C=O) groups excluding carboxylic acids is 1. The molecular weight excluding hydrogens is 196 g/mol. The Morgan fingerprint density at radius 2 is 1.81 bits per heavy atom. The van der Waals surface area contributed by atoms with Crippen LogP contribution in [0.1, 0.15) is 31.7 Å². The number of fused-ring (bicyclic) bond motifs is 1. The second kappa shape index (κ2) is 4.48. The van der Waals surface area contributed by atoms with Crippen molar-refractivity contribution in [3.8, 4) is 0 Å². The van der Waals surface area contributed by atoms with Gasteiger partial charge in [-0.05, 0) is 16.3 Å². The van der Waals surface area contributed by atoms with Crippen molar-refractivity contribution in [2.24, 2.45) is 0 Å². The summed E-state index contributed by atoms with van der Waals surface area (Å²) in [4.78, 5) is 11.6. The summed E-state index contributed by atoms with van der Waals surface area (Å²) in [5.74, 6) is 0.310. The van der Waals surface area contributed by atoms with E-state index < -0.39 is 0 Å². The van der Waals surface area contributed by atoms with Crippen LogP contribution >= 0.6 is 0 Å². The van der Waals surface area contributed by atoms with Crippen LogP contribution in [0.4, 0.5) is 0 Å². The van der Waals surface area contributed by atoms with Gasteiger partial charge in [0.2, 0.25) is 0 Å². The molecule has 0 spiro atoms. The van der Waals surface area contributed by atoms with Crippen molar-refractivity contribution < 1.29 is 4.79 Å². The summed E-state index contributed by atoms with van der Waals surface area (Å²) in [6.45, 7) is 3.90. The lowest BCUT2D eigenvalue weighted by Crippen LogP contribution is -2.07. The van der Waals surface area contributed by atoms with Crippen LogP contribution in [0, 0.1) is 0 Å². The molecule has 2 rings (SSSR count). The third-order valence-electron chi connectivity index (χ3n) is 3.10. The predicted octanol–water partition coefficient (Wildman–Crippen LogP) is 3.92. The number of ketones is 1. The first-order valence-corrected chi connectivity index (χ1v) is 5.73. The monoisotopic (exact) mass is 212 g/mol. The van der Waals surface area contributed by atoms with Crippen molar-refractivity contribution in [3.05, 3.63) is 48.0 Å². The van der Waals surface area contributed by atoms with Crippen molar-refractivity contribution in [1.82, 2.24) is 0 Å². The van der Waals surface area contributed by atoms with Gasteiger partial charge in [-0.1, -0.05) is 56.3 Å². The van der Waals surface area contributed by atoms with Gasteiger partial charge in [0.15, 0.2) is 0 Å². The van der Waals surface area contributed by atoms with Gasteiger partial charge < -0.3 is 0 Å². The van der Waals surface area contributed by atoms with Gasteiger partial charge in [-0.3, -0.25) is 4.79 Å². The van der Waals surface area contributed by atoms with E-state index in [2.05, 4.69) is 30.3 Å². The minimum atomic E-state index is 0.00889. The summed E-state index contributed by atoms with van der Waals surface area (Å²) >= 11 is 0. The molecule has 0 amide bonds. The zero-order valence-corrected chi connectivity index (χ0v) is 9.73. The van der Waals surface area contributed by atoms with Crippen LogP contribution in [0.3, 0.4) is 0 Å². The quantitative estimate of drug-likeness (QED) is 0.753. The average Bonchev–Trinajstić information content (AvgIpc) is 2.36. The molecule has 0 radical (unpaired) electrons. The topological polar surface area (TPSA) is 17.1 Å². The molecule has 0 N–H and O–H groups in total. The Morgan fingerprint density at radius 1 is 1.12 bits per heavy atom. The number of hydrogen-bond acceptors (Lipinski definition) is 1. The fourth-order valence-electron chi connectivity index (χ4n) is 1.97. The molecule has 1 unspecified atom stereocenters. The van der Waals surface area contributed by atoms with Gasteiger partial charge in [-0.2, -0.15) is 0 Å². The Hall–Kier alpha value is -1.63. The van der Waals surface area contributed by atoms with E-state index in [0.717, 1.165) is 5.56 Å². The van der Waals surface area contributed by atoms with Crippen LogP contribution in [0.5, 0.6) is 0 Å². The van der Waals surface area contributed by atoms with Gasteiger partial charge in [0, 0.05) is 12.3 Å². The molecular formula is C15H16O. The maximum atomic E-state index is 11.6. The highest BCUT2D eigenvalue weighted by molar-refractivity contribution is 5.88. The van der Waals surface area contributed by atoms with E-state index in [1.807, 2.05) is 26.0 Å². The van der Waals surface area contributed by atoms with Crippen LogP contribution < -0.4 is 0 Å². The Bertz CT molecular complexity index is 514. The van der Waals surface area contributed by atoms with Crippen LogP contribution in [0.15, 0.2) is 42.5 Å². The zero-order valence-electron chi connectivity index (χ0n) is 9.73. The number of benzene rings is 2. The lowest BCUT2D eigenvalue weighted by molar-refractivity contribution is -0.119. The Morgan fingerprint density at radius 3 is 2.50 bits per heavy atom. The van der Waals surface area contributed by atoms with Gasteiger partial charge >= 0.3 is 0 Å². The summed E-state index contributed by atoms with van der Waals surface area (Å²) in [6, 6.07) is 14.5. The second-order valence-electron chi connectivity index (χ2n) is 4.15. The smallest absolute Gasteiger partial charge is 0.139 e. The van der Waals surface area contributed by atoms with E-state index in [0.29, 0.717) is 12.2 Å². The fraction of sp³-hybridized carbons (Fsp3) is 0.267. The molecule has 2 aromatic carbocycles. The molecule has 1 heteroatoms. The largest absolute Gasteiger partial charge is 0.299 e. The standard InChI is InChI=1S/C15H16O/c1-3-15(16)11(2)13-9-8-12-6-4-5-7-14(12)10-13/h4-11H,3H2,1-2H3. The number of carbonyl (C=O) groups is 1. The molecule has 1 atom stereocenters.